The van der Waals surface area contributed by atoms with Crippen LogP contribution in [0.3, 0.4) is 0 Å². The Labute approximate surface area is 96.8 Å². The zero-order valence-corrected chi connectivity index (χ0v) is 9.56. The standard InChI is InChI=1S/C13H20N2O/c14-9-13(15)10-5-7-12(8-6-10)16-11-3-1-2-4-11/h5-8,11,13H,1-4,9,14-15H2/t13-/m0/s1. The Morgan fingerprint density at radius 2 is 1.81 bits per heavy atom. The lowest BCUT2D eigenvalue weighted by atomic mass is 10.1. The minimum atomic E-state index is -0.0690. The maximum absolute atomic E-state index is 5.87. The normalized spacial score (nSPS) is 18.6. The van der Waals surface area contributed by atoms with E-state index >= 15 is 0 Å². The van der Waals surface area contributed by atoms with Gasteiger partial charge in [0.05, 0.1) is 6.10 Å². The van der Waals surface area contributed by atoms with Crippen LogP contribution in [0.1, 0.15) is 37.3 Å². The van der Waals surface area contributed by atoms with Crippen LogP contribution in [-0.4, -0.2) is 12.6 Å². The molecule has 1 atom stereocenters. The van der Waals surface area contributed by atoms with Gasteiger partial charge in [0.2, 0.25) is 0 Å². The molecule has 1 aromatic rings. The average molecular weight is 220 g/mol. The molecule has 0 saturated heterocycles. The van der Waals surface area contributed by atoms with Crippen molar-refractivity contribution in [3.8, 4) is 5.75 Å². The van der Waals surface area contributed by atoms with Gasteiger partial charge in [-0.05, 0) is 43.4 Å². The first-order valence-electron chi connectivity index (χ1n) is 6.02. The molecule has 1 aromatic carbocycles. The zero-order chi connectivity index (χ0) is 11.4. The molecule has 1 aliphatic rings. The van der Waals surface area contributed by atoms with Crippen LogP contribution in [-0.2, 0) is 0 Å². The summed E-state index contributed by atoms with van der Waals surface area (Å²) < 4.78 is 5.87. The molecule has 0 radical (unpaired) electrons. The summed E-state index contributed by atoms with van der Waals surface area (Å²) in [4.78, 5) is 0. The summed E-state index contributed by atoms with van der Waals surface area (Å²) in [5.74, 6) is 0.944. The second kappa shape index (κ2) is 5.32. The molecule has 0 aliphatic heterocycles. The molecule has 2 rings (SSSR count). The van der Waals surface area contributed by atoms with Crippen LogP contribution in [0.15, 0.2) is 24.3 Å². The fourth-order valence-electron chi connectivity index (χ4n) is 2.13. The Morgan fingerprint density at radius 1 is 1.19 bits per heavy atom. The van der Waals surface area contributed by atoms with Gasteiger partial charge in [-0.2, -0.15) is 0 Å². The Morgan fingerprint density at radius 3 is 2.38 bits per heavy atom. The summed E-state index contributed by atoms with van der Waals surface area (Å²) in [6, 6.07) is 7.91. The summed E-state index contributed by atoms with van der Waals surface area (Å²) in [6.07, 6.45) is 5.37. The Balaban J connectivity index is 1.96. The molecule has 0 unspecified atom stereocenters. The molecule has 0 heterocycles. The van der Waals surface area contributed by atoms with E-state index in [1.54, 1.807) is 0 Å². The van der Waals surface area contributed by atoms with E-state index in [2.05, 4.69) is 0 Å². The monoisotopic (exact) mass is 220 g/mol. The van der Waals surface area contributed by atoms with Crippen molar-refractivity contribution in [1.82, 2.24) is 0 Å². The fraction of sp³-hybridized carbons (Fsp3) is 0.538. The number of nitrogens with two attached hydrogens (primary N) is 2. The number of rotatable bonds is 4. The van der Waals surface area contributed by atoms with Crippen molar-refractivity contribution in [2.75, 3.05) is 6.54 Å². The van der Waals surface area contributed by atoms with Crippen LogP contribution >= 0.6 is 0 Å². The van der Waals surface area contributed by atoms with Gasteiger partial charge in [0.1, 0.15) is 5.75 Å². The molecule has 3 heteroatoms. The van der Waals surface area contributed by atoms with Gasteiger partial charge in [-0.1, -0.05) is 12.1 Å². The Hall–Kier alpha value is -1.06. The van der Waals surface area contributed by atoms with Crippen molar-refractivity contribution in [2.45, 2.75) is 37.8 Å². The zero-order valence-electron chi connectivity index (χ0n) is 9.56. The van der Waals surface area contributed by atoms with Crippen molar-refractivity contribution >= 4 is 0 Å². The van der Waals surface area contributed by atoms with Crippen LogP contribution in [0.4, 0.5) is 0 Å². The summed E-state index contributed by atoms with van der Waals surface area (Å²) in [6.45, 7) is 0.475. The molecule has 1 aliphatic carbocycles. The van der Waals surface area contributed by atoms with Gasteiger partial charge in [-0.3, -0.25) is 0 Å². The van der Waals surface area contributed by atoms with Crippen LogP contribution in [0, 0.1) is 0 Å². The first kappa shape index (κ1) is 11.4. The molecule has 0 spiro atoms. The highest BCUT2D eigenvalue weighted by molar-refractivity contribution is 5.29. The van der Waals surface area contributed by atoms with E-state index in [9.17, 15) is 0 Å². The lowest BCUT2D eigenvalue weighted by Gasteiger charge is -2.14. The summed E-state index contributed by atoms with van der Waals surface area (Å²) in [7, 11) is 0. The largest absolute Gasteiger partial charge is 0.490 e. The number of ether oxygens (including phenoxy) is 1. The molecule has 0 amide bonds. The number of benzene rings is 1. The minimum absolute atomic E-state index is 0.0690. The quantitative estimate of drug-likeness (QED) is 0.815. The van der Waals surface area contributed by atoms with Crippen LogP contribution in [0.25, 0.3) is 0 Å². The second-order valence-corrected chi connectivity index (χ2v) is 4.44. The van der Waals surface area contributed by atoms with Crippen LogP contribution in [0.5, 0.6) is 5.75 Å². The highest BCUT2D eigenvalue weighted by atomic mass is 16.5. The van der Waals surface area contributed by atoms with Crippen molar-refractivity contribution in [2.24, 2.45) is 11.5 Å². The van der Waals surface area contributed by atoms with Crippen molar-refractivity contribution in [1.29, 1.82) is 0 Å². The third kappa shape index (κ3) is 2.74. The molecule has 3 nitrogen and oxygen atoms in total. The van der Waals surface area contributed by atoms with E-state index in [4.69, 9.17) is 16.2 Å². The summed E-state index contributed by atoms with van der Waals surface area (Å²) in [5.41, 5.74) is 12.4. The van der Waals surface area contributed by atoms with Gasteiger partial charge in [0, 0.05) is 12.6 Å². The van der Waals surface area contributed by atoms with Crippen molar-refractivity contribution in [3.63, 3.8) is 0 Å². The third-order valence-corrected chi connectivity index (χ3v) is 3.17. The molecular weight excluding hydrogens is 200 g/mol. The molecule has 88 valence electrons. The van der Waals surface area contributed by atoms with Crippen molar-refractivity contribution < 1.29 is 4.74 Å². The smallest absolute Gasteiger partial charge is 0.119 e. The van der Waals surface area contributed by atoms with E-state index in [1.807, 2.05) is 24.3 Å². The summed E-state index contributed by atoms with van der Waals surface area (Å²) >= 11 is 0. The highest BCUT2D eigenvalue weighted by Crippen LogP contribution is 2.24. The first-order chi connectivity index (χ1) is 7.79. The van der Waals surface area contributed by atoms with E-state index in [1.165, 1.54) is 25.7 Å². The van der Waals surface area contributed by atoms with Gasteiger partial charge in [-0.15, -0.1) is 0 Å². The van der Waals surface area contributed by atoms with Crippen molar-refractivity contribution in [3.05, 3.63) is 29.8 Å². The third-order valence-electron chi connectivity index (χ3n) is 3.17. The molecule has 0 bridgehead atoms. The van der Waals surface area contributed by atoms with Gasteiger partial charge in [0.25, 0.3) is 0 Å². The van der Waals surface area contributed by atoms with Gasteiger partial charge in [0.15, 0.2) is 0 Å². The number of hydrogen-bond acceptors (Lipinski definition) is 3. The Bertz CT molecular complexity index is 317. The minimum Gasteiger partial charge on any atom is -0.490 e. The molecule has 1 saturated carbocycles. The maximum Gasteiger partial charge on any atom is 0.119 e. The van der Waals surface area contributed by atoms with E-state index in [0.717, 1.165) is 11.3 Å². The Kier molecular flexibility index (Phi) is 3.80. The SMILES string of the molecule is NC[C@H](N)c1ccc(OC2CCCC2)cc1. The second-order valence-electron chi connectivity index (χ2n) is 4.44. The topological polar surface area (TPSA) is 61.3 Å². The van der Waals surface area contributed by atoms with Crippen LogP contribution < -0.4 is 16.2 Å². The summed E-state index contributed by atoms with van der Waals surface area (Å²) in [5, 5.41) is 0. The van der Waals surface area contributed by atoms with Gasteiger partial charge >= 0.3 is 0 Å². The first-order valence-corrected chi connectivity index (χ1v) is 6.02. The molecular formula is C13H20N2O. The predicted molar refractivity (Wildman–Crippen MR) is 65.3 cm³/mol. The highest BCUT2D eigenvalue weighted by Gasteiger charge is 2.16. The molecule has 1 fully saturated rings. The average Bonchev–Trinajstić information content (AvgIpc) is 2.82. The predicted octanol–water partition coefficient (Wildman–Crippen LogP) is 1.97. The molecule has 16 heavy (non-hydrogen) atoms. The van der Waals surface area contributed by atoms with E-state index < -0.39 is 0 Å². The lowest BCUT2D eigenvalue weighted by Crippen LogP contribution is -2.20. The van der Waals surface area contributed by atoms with E-state index in [-0.39, 0.29) is 6.04 Å². The lowest BCUT2D eigenvalue weighted by molar-refractivity contribution is 0.210. The molecule has 0 aromatic heterocycles. The van der Waals surface area contributed by atoms with Crippen LogP contribution in [0.2, 0.25) is 0 Å². The number of hydrogen-bond donors (Lipinski definition) is 2. The fourth-order valence-corrected chi connectivity index (χ4v) is 2.13. The molecule has 4 N–H and O–H groups in total. The van der Waals surface area contributed by atoms with E-state index in [0.29, 0.717) is 12.6 Å². The maximum atomic E-state index is 5.87. The van der Waals surface area contributed by atoms with Gasteiger partial charge in [-0.25, -0.2) is 0 Å². The van der Waals surface area contributed by atoms with Gasteiger partial charge < -0.3 is 16.2 Å².